The zero-order chi connectivity index (χ0) is 19.5. The lowest BCUT2D eigenvalue weighted by Crippen LogP contribution is -2.45. The molecule has 1 atom stereocenters. The molecular formula is C18H23F3N2O3. The van der Waals surface area contributed by atoms with Crippen molar-refractivity contribution in [1.29, 1.82) is 0 Å². The van der Waals surface area contributed by atoms with Crippen LogP contribution in [0, 0.1) is 5.92 Å². The molecule has 2 rings (SSSR count). The number of piperidine rings is 1. The highest BCUT2D eigenvalue weighted by Gasteiger charge is 2.32. The maximum Gasteiger partial charge on any atom is 0.416 e. The molecule has 1 saturated heterocycles. The van der Waals surface area contributed by atoms with Crippen molar-refractivity contribution in [2.24, 2.45) is 5.92 Å². The van der Waals surface area contributed by atoms with Crippen LogP contribution in [0.25, 0.3) is 0 Å². The number of benzene rings is 1. The van der Waals surface area contributed by atoms with E-state index in [0.717, 1.165) is 12.1 Å². The number of nitrogens with one attached hydrogen (secondary N) is 1. The molecule has 0 radical (unpaired) electrons. The van der Waals surface area contributed by atoms with Crippen molar-refractivity contribution < 1.29 is 27.5 Å². The molecule has 1 heterocycles. The molecular weight excluding hydrogens is 349 g/mol. The third kappa shape index (κ3) is 5.64. The second kappa shape index (κ2) is 7.55. The van der Waals surface area contributed by atoms with Gasteiger partial charge in [0.2, 0.25) is 5.91 Å². The van der Waals surface area contributed by atoms with Gasteiger partial charge in [0, 0.05) is 18.8 Å². The quantitative estimate of drug-likeness (QED) is 0.842. The SMILES string of the molecule is CC(C)(C)OC(=O)N1CCCC(C(=O)Nc2ccc(C(F)(F)F)cc2)C1. The summed E-state index contributed by atoms with van der Waals surface area (Å²) in [5.74, 6) is -0.753. The predicted molar refractivity (Wildman–Crippen MR) is 90.6 cm³/mol. The van der Waals surface area contributed by atoms with Gasteiger partial charge in [0.05, 0.1) is 11.5 Å². The molecule has 5 nitrogen and oxygen atoms in total. The van der Waals surface area contributed by atoms with E-state index in [1.54, 1.807) is 20.8 Å². The van der Waals surface area contributed by atoms with Crippen molar-refractivity contribution >= 4 is 17.7 Å². The molecule has 1 aliphatic heterocycles. The molecule has 0 aliphatic carbocycles. The first-order chi connectivity index (χ1) is 12.0. The van der Waals surface area contributed by atoms with Crippen LogP contribution in [0.4, 0.5) is 23.7 Å². The fourth-order valence-electron chi connectivity index (χ4n) is 2.67. The highest BCUT2D eigenvalue weighted by atomic mass is 19.4. The number of likely N-dealkylation sites (tertiary alicyclic amines) is 1. The molecule has 1 N–H and O–H groups in total. The van der Waals surface area contributed by atoms with Crippen molar-refractivity contribution in [3.05, 3.63) is 29.8 Å². The van der Waals surface area contributed by atoms with Crippen LogP contribution in [-0.2, 0) is 15.7 Å². The van der Waals surface area contributed by atoms with Crippen LogP contribution in [0.5, 0.6) is 0 Å². The topological polar surface area (TPSA) is 58.6 Å². The van der Waals surface area contributed by atoms with Gasteiger partial charge in [-0.1, -0.05) is 0 Å². The molecule has 0 aromatic heterocycles. The molecule has 2 amide bonds. The van der Waals surface area contributed by atoms with Crippen LogP contribution in [0.1, 0.15) is 39.2 Å². The van der Waals surface area contributed by atoms with Gasteiger partial charge in [0.1, 0.15) is 5.60 Å². The average molecular weight is 372 g/mol. The minimum absolute atomic E-state index is 0.224. The number of halogens is 3. The number of hydrogen-bond donors (Lipinski definition) is 1. The Kier molecular flexibility index (Phi) is 5.83. The molecule has 1 aliphatic rings. The zero-order valence-electron chi connectivity index (χ0n) is 15.0. The van der Waals surface area contributed by atoms with Crippen molar-refractivity contribution in [2.75, 3.05) is 18.4 Å². The Hall–Kier alpha value is -2.25. The van der Waals surface area contributed by atoms with Crippen LogP contribution < -0.4 is 5.32 Å². The van der Waals surface area contributed by atoms with E-state index in [2.05, 4.69) is 5.32 Å². The van der Waals surface area contributed by atoms with Crippen LogP contribution in [-0.4, -0.2) is 35.6 Å². The Morgan fingerprint density at radius 2 is 1.77 bits per heavy atom. The summed E-state index contributed by atoms with van der Waals surface area (Å²) in [7, 11) is 0. The standard InChI is InChI=1S/C18H23F3N2O3/c1-17(2,3)26-16(25)23-10-4-5-12(11-23)15(24)22-14-8-6-13(7-9-14)18(19,20)21/h6-9,12H,4-5,10-11H2,1-3H3,(H,22,24). The molecule has 0 bridgehead atoms. The fraction of sp³-hybridized carbons (Fsp3) is 0.556. The van der Waals surface area contributed by atoms with Gasteiger partial charge in [-0.2, -0.15) is 13.2 Å². The normalized spacial score (nSPS) is 18.4. The molecule has 1 fully saturated rings. The smallest absolute Gasteiger partial charge is 0.416 e. The number of carbonyl (C=O) groups is 2. The summed E-state index contributed by atoms with van der Waals surface area (Å²) in [4.78, 5) is 26.0. The first-order valence-electron chi connectivity index (χ1n) is 8.42. The predicted octanol–water partition coefficient (Wildman–Crippen LogP) is 4.29. The lowest BCUT2D eigenvalue weighted by molar-refractivity contribution is -0.137. The van der Waals surface area contributed by atoms with Gasteiger partial charge in [-0.25, -0.2) is 4.79 Å². The Balaban J connectivity index is 1.95. The lowest BCUT2D eigenvalue weighted by atomic mass is 9.97. The van der Waals surface area contributed by atoms with Gasteiger partial charge in [0.25, 0.3) is 0 Å². The largest absolute Gasteiger partial charge is 0.444 e. The van der Waals surface area contributed by atoms with Crippen molar-refractivity contribution in [2.45, 2.75) is 45.4 Å². The first kappa shape index (κ1) is 20.1. The summed E-state index contributed by atoms with van der Waals surface area (Å²) in [6, 6.07) is 4.28. The Morgan fingerprint density at radius 1 is 1.15 bits per heavy atom. The number of hydrogen-bond acceptors (Lipinski definition) is 3. The minimum atomic E-state index is -4.42. The summed E-state index contributed by atoms with van der Waals surface area (Å²) in [5, 5.41) is 2.61. The van der Waals surface area contributed by atoms with Gasteiger partial charge in [-0.3, -0.25) is 4.79 Å². The second-order valence-electron chi connectivity index (χ2n) is 7.33. The maximum absolute atomic E-state index is 12.6. The third-order valence-electron chi connectivity index (χ3n) is 3.92. The summed E-state index contributed by atoms with van der Waals surface area (Å²) >= 11 is 0. The molecule has 0 spiro atoms. The number of alkyl halides is 3. The highest BCUT2D eigenvalue weighted by molar-refractivity contribution is 5.93. The zero-order valence-corrected chi connectivity index (χ0v) is 15.0. The Labute approximate surface area is 150 Å². The Morgan fingerprint density at radius 3 is 2.31 bits per heavy atom. The molecule has 144 valence electrons. The van der Waals surface area contributed by atoms with Gasteiger partial charge in [-0.15, -0.1) is 0 Å². The Bertz CT molecular complexity index is 651. The summed E-state index contributed by atoms with van der Waals surface area (Å²) in [6.07, 6.45) is -3.62. The van der Waals surface area contributed by atoms with E-state index in [1.807, 2.05) is 0 Å². The minimum Gasteiger partial charge on any atom is -0.444 e. The van der Waals surface area contributed by atoms with Crippen LogP contribution in [0.15, 0.2) is 24.3 Å². The van der Waals surface area contributed by atoms with Crippen molar-refractivity contribution in [1.82, 2.24) is 4.90 Å². The lowest BCUT2D eigenvalue weighted by Gasteiger charge is -2.33. The van der Waals surface area contributed by atoms with Gasteiger partial charge >= 0.3 is 12.3 Å². The number of nitrogens with zero attached hydrogens (tertiary/aromatic N) is 1. The fourth-order valence-corrected chi connectivity index (χ4v) is 2.67. The summed E-state index contributed by atoms with van der Waals surface area (Å²) in [6.45, 7) is 6.04. The van der Waals surface area contributed by atoms with Gasteiger partial charge in [-0.05, 0) is 57.9 Å². The molecule has 1 aromatic carbocycles. The molecule has 1 aromatic rings. The first-order valence-corrected chi connectivity index (χ1v) is 8.42. The van der Waals surface area contributed by atoms with E-state index in [0.29, 0.717) is 19.4 Å². The van der Waals surface area contributed by atoms with E-state index in [4.69, 9.17) is 4.74 Å². The van der Waals surface area contributed by atoms with Gasteiger partial charge in [0.15, 0.2) is 0 Å². The average Bonchev–Trinajstić information content (AvgIpc) is 2.53. The van der Waals surface area contributed by atoms with E-state index < -0.39 is 29.4 Å². The third-order valence-corrected chi connectivity index (χ3v) is 3.92. The van der Waals surface area contributed by atoms with Crippen LogP contribution in [0.2, 0.25) is 0 Å². The monoisotopic (exact) mass is 372 g/mol. The maximum atomic E-state index is 12.6. The number of ether oxygens (including phenoxy) is 1. The molecule has 0 saturated carbocycles. The van der Waals surface area contributed by atoms with Crippen molar-refractivity contribution in [3.8, 4) is 0 Å². The van der Waals surface area contributed by atoms with E-state index in [9.17, 15) is 22.8 Å². The molecule has 8 heteroatoms. The number of anilines is 1. The number of carbonyl (C=O) groups excluding carboxylic acids is 2. The number of amides is 2. The summed E-state index contributed by atoms with van der Waals surface area (Å²) in [5.41, 5.74) is -1.10. The van der Waals surface area contributed by atoms with Crippen LogP contribution in [0.3, 0.4) is 0 Å². The van der Waals surface area contributed by atoms with E-state index in [-0.39, 0.29) is 18.1 Å². The number of rotatable bonds is 2. The molecule has 26 heavy (non-hydrogen) atoms. The van der Waals surface area contributed by atoms with Crippen molar-refractivity contribution in [3.63, 3.8) is 0 Å². The van der Waals surface area contributed by atoms with Gasteiger partial charge < -0.3 is 15.0 Å². The van der Waals surface area contributed by atoms with Crippen LogP contribution >= 0.6 is 0 Å². The highest BCUT2D eigenvalue weighted by Crippen LogP contribution is 2.30. The van der Waals surface area contributed by atoms with E-state index >= 15 is 0 Å². The van der Waals surface area contributed by atoms with E-state index in [1.165, 1.54) is 17.0 Å². The molecule has 1 unspecified atom stereocenters. The second-order valence-corrected chi connectivity index (χ2v) is 7.33. The summed E-state index contributed by atoms with van der Waals surface area (Å²) < 4.78 is 43.0.